The first-order chi connectivity index (χ1) is 12.8. The lowest BCUT2D eigenvalue weighted by Crippen LogP contribution is -2.38. The molecule has 2 nitrogen and oxygen atoms in total. The maximum atomic E-state index is 3.73. The SMILES string of the molecule is IC1=CC(c2ccccc2)NC(c2ccc3c(c2)sc2ccccc23)N1. The monoisotopic (exact) mass is 468 g/mol. The number of thiophene rings is 1. The van der Waals surface area contributed by atoms with Crippen LogP contribution in [0.3, 0.4) is 0 Å². The molecular weight excluding hydrogens is 451 g/mol. The number of rotatable bonds is 2. The van der Waals surface area contributed by atoms with Gasteiger partial charge < -0.3 is 5.32 Å². The van der Waals surface area contributed by atoms with Crippen molar-refractivity contribution in [2.75, 3.05) is 0 Å². The summed E-state index contributed by atoms with van der Waals surface area (Å²) in [7, 11) is 0. The molecule has 4 aromatic rings. The van der Waals surface area contributed by atoms with E-state index in [0.717, 1.165) is 0 Å². The Bertz CT molecular complexity index is 1120. The molecule has 0 aliphatic carbocycles. The van der Waals surface area contributed by atoms with Crippen molar-refractivity contribution >= 4 is 54.1 Å². The zero-order valence-corrected chi connectivity index (χ0v) is 16.9. The molecule has 1 aliphatic rings. The van der Waals surface area contributed by atoms with Crippen LogP contribution in [0.2, 0.25) is 0 Å². The highest BCUT2D eigenvalue weighted by atomic mass is 127. The largest absolute Gasteiger partial charge is 0.361 e. The van der Waals surface area contributed by atoms with Crippen LogP contribution in [0.5, 0.6) is 0 Å². The van der Waals surface area contributed by atoms with E-state index in [9.17, 15) is 0 Å². The topological polar surface area (TPSA) is 24.1 Å². The van der Waals surface area contributed by atoms with E-state index in [0.29, 0.717) is 0 Å². The molecule has 0 radical (unpaired) electrons. The minimum atomic E-state index is 0.103. The van der Waals surface area contributed by atoms with E-state index >= 15 is 0 Å². The van der Waals surface area contributed by atoms with E-state index in [2.05, 4.69) is 112 Å². The maximum Gasteiger partial charge on any atom is 0.104 e. The molecule has 2 unspecified atom stereocenters. The number of hydrogen-bond donors (Lipinski definition) is 2. The van der Waals surface area contributed by atoms with Gasteiger partial charge in [0, 0.05) is 20.2 Å². The second kappa shape index (κ2) is 6.68. The normalized spacial score (nSPS) is 20.1. The van der Waals surface area contributed by atoms with Gasteiger partial charge in [-0.2, -0.15) is 0 Å². The lowest BCUT2D eigenvalue weighted by molar-refractivity contribution is 0.431. The van der Waals surface area contributed by atoms with E-state index < -0.39 is 0 Å². The molecule has 0 spiro atoms. The van der Waals surface area contributed by atoms with Gasteiger partial charge >= 0.3 is 0 Å². The predicted octanol–water partition coefficient (Wildman–Crippen LogP) is 6.26. The molecule has 0 bridgehead atoms. The first-order valence-electron chi connectivity index (χ1n) is 8.64. The summed E-state index contributed by atoms with van der Waals surface area (Å²) in [6.07, 6.45) is 2.34. The second-order valence-corrected chi connectivity index (χ2v) is 8.75. The Morgan fingerprint density at radius 1 is 0.769 bits per heavy atom. The van der Waals surface area contributed by atoms with Crippen molar-refractivity contribution in [1.82, 2.24) is 10.6 Å². The quantitative estimate of drug-likeness (QED) is 0.268. The minimum absolute atomic E-state index is 0.103. The molecule has 1 aliphatic heterocycles. The van der Waals surface area contributed by atoms with Crippen LogP contribution in [0.25, 0.3) is 20.2 Å². The molecule has 3 aromatic carbocycles. The molecule has 5 rings (SSSR count). The van der Waals surface area contributed by atoms with Gasteiger partial charge in [0.2, 0.25) is 0 Å². The molecule has 0 amide bonds. The van der Waals surface area contributed by atoms with Crippen LogP contribution in [0.1, 0.15) is 23.3 Å². The van der Waals surface area contributed by atoms with Gasteiger partial charge in [-0.25, -0.2) is 0 Å². The summed E-state index contributed by atoms with van der Waals surface area (Å²) in [5.41, 5.74) is 2.56. The Morgan fingerprint density at radius 2 is 1.54 bits per heavy atom. The number of benzene rings is 3. The van der Waals surface area contributed by atoms with E-state index in [4.69, 9.17) is 0 Å². The zero-order chi connectivity index (χ0) is 17.5. The van der Waals surface area contributed by atoms with Crippen LogP contribution in [0.4, 0.5) is 0 Å². The highest BCUT2D eigenvalue weighted by Gasteiger charge is 2.22. The number of halogens is 1. The molecule has 26 heavy (non-hydrogen) atoms. The van der Waals surface area contributed by atoms with Gasteiger partial charge in [-0.15, -0.1) is 11.3 Å². The molecule has 2 atom stereocenters. The van der Waals surface area contributed by atoms with Crippen LogP contribution in [0, 0.1) is 0 Å². The molecule has 0 fully saturated rings. The van der Waals surface area contributed by atoms with Gasteiger partial charge in [0.25, 0.3) is 0 Å². The third kappa shape index (κ3) is 2.92. The lowest BCUT2D eigenvalue weighted by Gasteiger charge is -2.31. The van der Waals surface area contributed by atoms with Gasteiger partial charge in [0.05, 0.1) is 9.75 Å². The molecule has 0 saturated carbocycles. The summed E-state index contributed by atoms with van der Waals surface area (Å²) < 4.78 is 3.87. The average molecular weight is 468 g/mol. The van der Waals surface area contributed by atoms with Gasteiger partial charge in [-0.1, -0.05) is 60.7 Å². The zero-order valence-electron chi connectivity index (χ0n) is 13.9. The van der Waals surface area contributed by atoms with Crippen molar-refractivity contribution in [3.8, 4) is 0 Å². The summed E-state index contributed by atoms with van der Waals surface area (Å²) in [5, 5.41) is 9.99. The standard InChI is InChI=1S/C22H17IN2S/c23-21-13-18(14-6-2-1-3-7-14)24-22(25-21)15-10-11-17-16-8-4-5-9-19(16)26-20(17)12-15/h1-13,18,22,24-25H. The third-order valence-corrected chi connectivity index (χ3v) is 6.64. The smallest absolute Gasteiger partial charge is 0.104 e. The highest BCUT2D eigenvalue weighted by Crippen LogP contribution is 2.36. The van der Waals surface area contributed by atoms with Crippen LogP contribution in [0.15, 0.2) is 82.6 Å². The average Bonchev–Trinajstić information content (AvgIpc) is 3.06. The number of nitrogens with one attached hydrogen (secondary N) is 2. The lowest BCUT2D eigenvalue weighted by atomic mass is 10.0. The molecular formula is C22H17IN2S. The Hall–Kier alpha value is -1.89. The van der Waals surface area contributed by atoms with Crippen molar-refractivity contribution in [2.24, 2.45) is 0 Å². The van der Waals surface area contributed by atoms with Crippen molar-refractivity contribution < 1.29 is 0 Å². The fourth-order valence-electron chi connectivity index (χ4n) is 3.56. The molecule has 1 aromatic heterocycles. The second-order valence-electron chi connectivity index (χ2n) is 6.50. The fourth-order valence-corrected chi connectivity index (χ4v) is 5.38. The Labute approximate surface area is 170 Å². The molecule has 0 saturated heterocycles. The molecule has 128 valence electrons. The first kappa shape index (κ1) is 16.3. The van der Waals surface area contributed by atoms with Gasteiger partial charge in [0.1, 0.15) is 6.17 Å². The van der Waals surface area contributed by atoms with Gasteiger partial charge in [0.15, 0.2) is 0 Å². The summed E-state index contributed by atoms with van der Waals surface area (Å²) in [4.78, 5) is 0. The minimum Gasteiger partial charge on any atom is -0.361 e. The highest BCUT2D eigenvalue weighted by molar-refractivity contribution is 14.1. The summed E-state index contributed by atoms with van der Waals surface area (Å²) >= 11 is 4.25. The van der Waals surface area contributed by atoms with Gasteiger partial charge in [-0.05, 0) is 51.9 Å². The van der Waals surface area contributed by atoms with Crippen molar-refractivity contribution in [3.05, 3.63) is 93.7 Å². The third-order valence-electron chi connectivity index (χ3n) is 4.84. The van der Waals surface area contributed by atoms with Crippen LogP contribution in [-0.4, -0.2) is 0 Å². The van der Waals surface area contributed by atoms with Crippen LogP contribution < -0.4 is 10.6 Å². The van der Waals surface area contributed by atoms with Crippen molar-refractivity contribution in [1.29, 1.82) is 0 Å². The van der Waals surface area contributed by atoms with Crippen LogP contribution in [-0.2, 0) is 0 Å². The van der Waals surface area contributed by atoms with E-state index in [1.165, 1.54) is 35.0 Å². The van der Waals surface area contributed by atoms with Crippen LogP contribution >= 0.6 is 33.9 Å². The number of fused-ring (bicyclic) bond motifs is 3. The fraction of sp³-hybridized carbons (Fsp3) is 0.0909. The summed E-state index contributed by atoms with van der Waals surface area (Å²) in [5.74, 6) is 0. The van der Waals surface area contributed by atoms with E-state index in [1.54, 1.807) is 0 Å². The Morgan fingerprint density at radius 3 is 2.42 bits per heavy atom. The molecule has 4 heteroatoms. The maximum absolute atomic E-state index is 3.73. The van der Waals surface area contributed by atoms with Crippen molar-refractivity contribution in [2.45, 2.75) is 12.2 Å². The number of hydrogen-bond acceptors (Lipinski definition) is 3. The molecule has 2 N–H and O–H groups in total. The summed E-state index contributed by atoms with van der Waals surface area (Å²) in [6.45, 7) is 0. The first-order valence-corrected chi connectivity index (χ1v) is 10.5. The summed E-state index contributed by atoms with van der Waals surface area (Å²) in [6, 6.07) is 26.3. The van der Waals surface area contributed by atoms with E-state index in [1.807, 2.05) is 11.3 Å². The van der Waals surface area contributed by atoms with Gasteiger partial charge in [-0.3, -0.25) is 5.32 Å². The van der Waals surface area contributed by atoms with Crippen molar-refractivity contribution in [3.63, 3.8) is 0 Å². The Kier molecular flexibility index (Phi) is 4.19. The molecule has 2 heterocycles. The van der Waals surface area contributed by atoms with E-state index in [-0.39, 0.29) is 12.2 Å². The predicted molar refractivity (Wildman–Crippen MR) is 120 cm³/mol. The Balaban J connectivity index is 1.53.